The van der Waals surface area contributed by atoms with E-state index in [-0.39, 0.29) is 0 Å². The second-order valence-electron chi connectivity index (χ2n) is 3.81. The molecular formula is C12H17NO2. The fourth-order valence-electron chi connectivity index (χ4n) is 1.83. The summed E-state index contributed by atoms with van der Waals surface area (Å²) in [5, 5.41) is 3.43. The molecule has 0 spiro atoms. The molecule has 1 N–H and O–H groups in total. The molecule has 3 heteroatoms. The molecule has 1 fully saturated rings. The minimum absolute atomic E-state index is 0.299. The fraction of sp³-hybridized carbons (Fsp3) is 0.500. The summed E-state index contributed by atoms with van der Waals surface area (Å²) in [4.78, 5) is 0. The molecule has 1 saturated heterocycles. The number of nitrogens with one attached hydrogen (secondary N) is 1. The average Bonchev–Trinajstić information content (AvgIpc) is 2.31. The largest absolute Gasteiger partial charge is 0.496 e. The summed E-state index contributed by atoms with van der Waals surface area (Å²) in [5.41, 5.74) is 2.40. The van der Waals surface area contributed by atoms with Crippen molar-refractivity contribution in [3.63, 3.8) is 0 Å². The highest BCUT2D eigenvalue weighted by Crippen LogP contribution is 2.24. The van der Waals surface area contributed by atoms with Crippen LogP contribution in [0.15, 0.2) is 18.2 Å². The van der Waals surface area contributed by atoms with Crippen molar-refractivity contribution in [2.24, 2.45) is 0 Å². The third-order valence-corrected chi connectivity index (χ3v) is 2.76. The maximum atomic E-state index is 5.44. The van der Waals surface area contributed by atoms with Gasteiger partial charge in [-0.1, -0.05) is 12.1 Å². The first-order valence-electron chi connectivity index (χ1n) is 5.27. The molecule has 0 aromatic heterocycles. The lowest BCUT2D eigenvalue weighted by atomic mass is 10.0. The zero-order chi connectivity index (χ0) is 10.7. The molecular weight excluding hydrogens is 190 g/mol. The van der Waals surface area contributed by atoms with Crippen molar-refractivity contribution in [3.05, 3.63) is 29.3 Å². The molecule has 0 aliphatic carbocycles. The summed E-state index contributed by atoms with van der Waals surface area (Å²) in [6, 6.07) is 6.60. The van der Waals surface area contributed by atoms with Gasteiger partial charge in [0.15, 0.2) is 0 Å². The van der Waals surface area contributed by atoms with E-state index in [4.69, 9.17) is 9.47 Å². The summed E-state index contributed by atoms with van der Waals surface area (Å²) in [6.07, 6.45) is 0. The normalized spacial score (nSPS) is 21.3. The van der Waals surface area contributed by atoms with E-state index >= 15 is 0 Å². The van der Waals surface area contributed by atoms with Crippen molar-refractivity contribution in [3.8, 4) is 5.75 Å². The van der Waals surface area contributed by atoms with Crippen molar-refractivity contribution in [1.29, 1.82) is 0 Å². The Morgan fingerprint density at radius 3 is 3.00 bits per heavy atom. The smallest absolute Gasteiger partial charge is 0.122 e. The van der Waals surface area contributed by atoms with E-state index in [0.717, 1.165) is 31.1 Å². The number of hydrogen-bond donors (Lipinski definition) is 1. The molecule has 0 unspecified atom stereocenters. The van der Waals surface area contributed by atoms with Gasteiger partial charge in [-0.15, -0.1) is 0 Å². The van der Waals surface area contributed by atoms with Gasteiger partial charge in [0.1, 0.15) is 5.75 Å². The fourth-order valence-corrected chi connectivity index (χ4v) is 1.83. The molecule has 1 atom stereocenters. The zero-order valence-electron chi connectivity index (χ0n) is 9.25. The lowest BCUT2D eigenvalue weighted by molar-refractivity contribution is 0.0768. The Morgan fingerprint density at radius 1 is 1.47 bits per heavy atom. The van der Waals surface area contributed by atoms with Crippen LogP contribution >= 0.6 is 0 Å². The molecule has 0 radical (unpaired) electrons. The van der Waals surface area contributed by atoms with Crippen molar-refractivity contribution >= 4 is 0 Å². The summed E-state index contributed by atoms with van der Waals surface area (Å²) < 4.78 is 10.7. The molecule has 0 amide bonds. The predicted octanol–water partition coefficient (Wildman–Crippen LogP) is 1.66. The van der Waals surface area contributed by atoms with Gasteiger partial charge in [0.25, 0.3) is 0 Å². The Labute approximate surface area is 90.4 Å². The molecule has 82 valence electrons. The quantitative estimate of drug-likeness (QED) is 0.800. The lowest BCUT2D eigenvalue weighted by Gasteiger charge is -2.24. The standard InChI is InChI=1S/C12H17NO2/c1-9-3-4-10(7-12(9)14-2)11-8-15-6-5-13-11/h3-4,7,11,13H,5-6,8H2,1-2H3/t11-/m1/s1. The van der Waals surface area contributed by atoms with Gasteiger partial charge in [0.2, 0.25) is 0 Å². The molecule has 15 heavy (non-hydrogen) atoms. The number of ether oxygens (including phenoxy) is 2. The minimum Gasteiger partial charge on any atom is -0.496 e. The maximum Gasteiger partial charge on any atom is 0.122 e. The number of methoxy groups -OCH3 is 1. The van der Waals surface area contributed by atoms with Gasteiger partial charge in [0.05, 0.1) is 26.4 Å². The van der Waals surface area contributed by atoms with E-state index < -0.39 is 0 Å². The summed E-state index contributed by atoms with van der Waals surface area (Å²) in [6.45, 7) is 4.51. The van der Waals surface area contributed by atoms with E-state index in [1.165, 1.54) is 5.56 Å². The van der Waals surface area contributed by atoms with Crippen LogP contribution in [-0.2, 0) is 4.74 Å². The van der Waals surface area contributed by atoms with E-state index in [9.17, 15) is 0 Å². The molecule has 1 heterocycles. The van der Waals surface area contributed by atoms with Gasteiger partial charge in [-0.3, -0.25) is 0 Å². The Hall–Kier alpha value is -1.06. The number of hydrogen-bond acceptors (Lipinski definition) is 3. The van der Waals surface area contributed by atoms with Crippen LogP contribution in [0.25, 0.3) is 0 Å². The van der Waals surface area contributed by atoms with E-state index in [2.05, 4.69) is 23.5 Å². The van der Waals surface area contributed by atoms with Crippen LogP contribution in [0.1, 0.15) is 17.2 Å². The maximum absolute atomic E-state index is 5.44. The van der Waals surface area contributed by atoms with Gasteiger partial charge < -0.3 is 14.8 Å². The average molecular weight is 207 g/mol. The first-order valence-corrected chi connectivity index (χ1v) is 5.27. The predicted molar refractivity (Wildman–Crippen MR) is 59.3 cm³/mol. The van der Waals surface area contributed by atoms with Crippen LogP contribution < -0.4 is 10.1 Å². The second kappa shape index (κ2) is 4.64. The van der Waals surface area contributed by atoms with Crippen LogP contribution in [-0.4, -0.2) is 26.9 Å². The Bertz CT molecular complexity index is 332. The van der Waals surface area contributed by atoms with E-state index in [1.54, 1.807) is 7.11 Å². The minimum atomic E-state index is 0.299. The number of rotatable bonds is 2. The van der Waals surface area contributed by atoms with Gasteiger partial charge in [-0.25, -0.2) is 0 Å². The highest BCUT2D eigenvalue weighted by atomic mass is 16.5. The Morgan fingerprint density at radius 2 is 2.33 bits per heavy atom. The number of benzene rings is 1. The topological polar surface area (TPSA) is 30.5 Å². The molecule has 3 nitrogen and oxygen atoms in total. The number of aryl methyl sites for hydroxylation is 1. The van der Waals surface area contributed by atoms with Crippen LogP contribution in [0.3, 0.4) is 0 Å². The Kier molecular flexibility index (Phi) is 3.23. The van der Waals surface area contributed by atoms with Crippen molar-refractivity contribution < 1.29 is 9.47 Å². The zero-order valence-corrected chi connectivity index (χ0v) is 9.25. The molecule has 1 aromatic rings. The number of morpholine rings is 1. The van der Waals surface area contributed by atoms with Crippen molar-refractivity contribution in [2.75, 3.05) is 26.9 Å². The molecule has 2 rings (SSSR count). The van der Waals surface area contributed by atoms with Gasteiger partial charge in [-0.05, 0) is 24.1 Å². The van der Waals surface area contributed by atoms with Crippen molar-refractivity contribution in [1.82, 2.24) is 5.32 Å². The summed E-state index contributed by atoms with van der Waals surface area (Å²) >= 11 is 0. The monoisotopic (exact) mass is 207 g/mol. The summed E-state index contributed by atoms with van der Waals surface area (Å²) in [5.74, 6) is 0.944. The van der Waals surface area contributed by atoms with Crippen LogP contribution in [0.4, 0.5) is 0 Å². The van der Waals surface area contributed by atoms with E-state index in [0.29, 0.717) is 6.04 Å². The molecule has 1 aromatic carbocycles. The van der Waals surface area contributed by atoms with Crippen LogP contribution in [0.2, 0.25) is 0 Å². The van der Waals surface area contributed by atoms with Crippen LogP contribution in [0.5, 0.6) is 5.75 Å². The summed E-state index contributed by atoms with van der Waals surface area (Å²) in [7, 11) is 1.71. The lowest BCUT2D eigenvalue weighted by Crippen LogP contribution is -2.34. The highest BCUT2D eigenvalue weighted by Gasteiger charge is 2.15. The molecule has 0 bridgehead atoms. The van der Waals surface area contributed by atoms with Crippen molar-refractivity contribution in [2.45, 2.75) is 13.0 Å². The van der Waals surface area contributed by atoms with E-state index in [1.807, 2.05) is 6.92 Å². The SMILES string of the molecule is COc1cc([C@H]2COCCN2)ccc1C. The first-order chi connectivity index (χ1) is 7.31. The highest BCUT2D eigenvalue weighted by molar-refractivity contribution is 5.37. The van der Waals surface area contributed by atoms with Gasteiger partial charge in [-0.2, -0.15) is 0 Å². The Balaban J connectivity index is 2.20. The van der Waals surface area contributed by atoms with Gasteiger partial charge in [0, 0.05) is 6.54 Å². The first kappa shape index (κ1) is 10.5. The van der Waals surface area contributed by atoms with Gasteiger partial charge >= 0.3 is 0 Å². The third-order valence-electron chi connectivity index (χ3n) is 2.76. The second-order valence-corrected chi connectivity index (χ2v) is 3.81. The third kappa shape index (κ3) is 2.30. The molecule has 0 saturated carbocycles. The molecule has 1 aliphatic heterocycles. The van der Waals surface area contributed by atoms with Crippen LogP contribution in [0, 0.1) is 6.92 Å². The molecule has 1 aliphatic rings.